The Balaban J connectivity index is 2.35. The van der Waals surface area contributed by atoms with Gasteiger partial charge in [0.2, 0.25) is 5.91 Å². The summed E-state index contributed by atoms with van der Waals surface area (Å²) in [5.74, 6) is 0.618. The highest BCUT2D eigenvalue weighted by molar-refractivity contribution is 7.16. The number of aryl methyl sites for hydroxylation is 1. The third-order valence-electron chi connectivity index (χ3n) is 3.19. The second-order valence-corrected chi connectivity index (χ2v) is 5.67. The molecule has 0 aliphatic heterocycles. The Hall–Kier alpha value is -1.34. The van der Waals surface area contributed by atoms with E-state index in [0.29, 0.717) is 17.9 Å². The predicted molar refractivity (Wildman–Crippen MR) is 69.1 cm³/mol. The summed E-state index contributed by atoms with van der Waals surface area (Å²) in [6.07, 6.45) is 3.64. The topological polar surface area (TPSA) is 52.9 Å². The van der Waals surface area contributed by atoms with Gasteiger partial charge in [0.1, 0.15) is 11.1 Å². The molecule has 1 aromatic rings. The summed E-state index contributed by atoms with van der Waals surface area (Å²) in [4.78, 5) is 12.7. The molecule has 0 spiro atoms. The van der Waals surface area contributed by atoms with Crippen LogP contribution in [0.1, 0.15) is 42.7 Å². The lowest BCUT2D eigenvalue weighted by Crippen LogP contribution is -2.11. The highest BCUT2D eigenvalue weighted by atomic mass is 32.1. The zero-order chi connectivity index (χ0) is 12.4. The molecule has 1 heterocycles. The second kappa shape index (κ2) is 4.89. The van der Waals surface area contributed by atoms with Gasteiger partial charge in [0.15, 0.2) is 0 Å². The Morgan fingerprint density at radius 1 is 1.65 bits per heavy atom. The van der Waals surface area contributed by atoms with Crippen molar-refractivity contribution < 1.29 is 4.79 Å². The molecule has 0 bridgehead atoms. The van der Waals surface area contributed by atoms with E-state index in [4.69, 9.17) is 0 Å². The quantitative estimate of drug-likeness (QED) is 0.874. The molecule has 1 atom stereocenters. The van der Waals surface area contributed by atoms with E-state index in [-0.39, 0.29) is 5.91 Å². The van der Waals surface area contributed by atoms with Crippen LogP contribution in [0.3, 0.4) is 0 Å². The lowest BCUT2D eigenvalue weighted by Gasteiger charge is -2.17. The van der Waals surface area contributed by atoms with Crippen molar-refractivity contribution in [3.63, 3.8) is 0 Å². The minimum Gasteiger partial charge on any atom is -0.317 e. The number of thiophene rings is 1. The molecule has 0 radical (unpaired) electrons. The number of hydrogen-bond donors (Lipinski definition) is 1. The van der Waals surface area contributed by atoms with Gasteiger partial charge in [0, 0.05) is 11.3 Å². The van der Waals surface area contributed by atoms with Crippen molar-refractivity contribution in [1.29, 1.82) is 5.26 Å². The van der Waals surface area contributed by atoms with E-state index in [0.717, 1.165) is 17.8 Å². The SMILES string of the molecule is CCC(=O)Nc1sc2c(c1C#N)C[C@H](C)CC2. The maximum atomic E-state index is 11.4. The number of fused-ring (bicyclic) bond motifs is 1. The number of amides is 1. The molecule has 1 aromatic heterocycles. The van der Waals surface area contributed by atoms with Gasteiger partial charge >= 0.3 is 0 Å². The van der Waals surface area contributed by atoms with Gasteiger partial charge in [-0.05, 0) is 30.7 Å². The fourth-order valence-corrected chi connectivity index (χ4v) is 3.39. The van der Waals surface area contributed by atoms with Gasteiger partial charge in [-0.1, -0.05) is 13.8 Å². The molecule has 4 heteroatoms. The van der Waals surface area contributed by atoms with E-state index >= 15 is 0 Å². The van der Waals surface area contributed by atoms with Crippen LogP contribution in [-0.2, 0) is 17.6 Å². The first-order chi connectivity index (χ1) is 8.15. The molecule has 1 aliphatic carbocycles. The van der Waals surface area contributed by atoms with Crippen molar-refractivity contribution in [3.05, 3.63) is 16.0 Å². The lowest BCUT2D eigenvalue weighted by molar-refractivity contribution is -0.115. The van der Waals surface area contributed by atoms with Gasteiger partial charge in [0.25, 0.3) is 0 Å². The molecule has 90 valence electrons. The third kappa shape index (κ3) is 2.34. The smallest absolute Gasteiger partial charge is 0.224 e. The largest absolute Gasteiger partial charge is 0.317 e. The van der Waals surface area contributed by atoms with Crippen molar-refractivity contribution in [1.82, 2.24) is 0 Å². The third-order valence-corrected chi connectivity index (χ3v) is 4.40. The minimum absolute atomic E-state index is 0.0202. The van der Waals surface area contributed by atoms with Gasteiger partial charge in [0.05, 0.1) is 5.56 Å². The van der Waals surface area contributed by atoms with Crippen LogP contribution in [0, 0.1) is 17.2 Å². The predicted octanol–water partition coefficient (Wildman–Crippen LogP) is 3.09. The molecular weight excluding hydrogens is 232 g/mol. The number of carbonyl (C=O) groups excluding carboxylic acids is 1. The van der Waals surface area contributed by atoms with E-state index in [9.17, 15) is 10.1 Å². The lowest BCUT2D eigenvalue weighted by atomic mass is 9.88. The average Bonchev–Trinajstić information content (AvgIpc) is 2.65. The van der Waals surface area contributed by atoms with Crippen molar-refractivity contribution in [3.8, 4) is 6.07 Å². The number of nitrogens with one attached hydrogen (secondary N) is 1. The fourth-order valence-electron chi connectivity index (χ4n) is 2.18. The van der Waals surface area contributed by atoms with Gasteiger partial charge in [-0.3, -0.25) is 4.79 Å². The number of nitriles is 1. The van der Waals surface area contributed by atoms with Crippen LogP contribution in [-0.4, -0.2) is 5.91 Å². The van der Waals surface area contributed by atoms with Crippen molar-refractivity contribution in [2.45, 2.75) is 39.5 Å². The maximum absolute atomic E-state index is 11.4. The Morgan fingerprint density at radius 2 is 2.41 bits per heavy atom. The summed E-state index contributed by atoms with van der Waals surface area (Å²) < 4.78 is 0. The molecule has 3 nitrogen and oxygen atoms in total. The summed E-state index contributed by atoms with van der Waals surface area (Å²) in [7, 11) is 0. The molecule has 0 fully saturated rings. The molecule has 0 saturated heterocycles. The molecule has 0 aromatic carbocycles. The van der Waals surface area contributed by atoms with Crippen LogP contribution in [0.25, 0.3) is 0 Å². The van der Waals surface area contributed by atoms with E-state index < -0.39 is 0 Å². The van der Waals surface area contributed by atoms with E-state index in [1.807, 2.05) is 6.92 Å². The Labute approximate surface area is 105 Å². The highest BCUT2D eigenvalue weighted by Crippen LogP contribution is 2.39. The zero-order valence-corrected chi connectivity index (χ0v) is 11.0. The molecule has 17 heavy (non-hydrogen) atoms. The summed E-state index contributed by atoms with van der Waals surface area (Å²) in [5.41, 5.74) is 1.86. The number of anilines is 1. The summed E-state index contributed by atoms with van der Waals surface area (Å²) in [6, 6.07) is 2.25. The van der Waals surface area contributed by atoms with Gasteiger partial charge in [-0.15, -0.1) is 11.3 Å². The average molecular weight is 248 g/mol. The van der Waals surface area contributed by atoms with Gasteiger partial charge in [-0.25, -0.2) is 0 Å². The normalized spacial score (nSPS) is 18.3. The number of rotatable bonds is 2. The highest BCUT2D eigenvalue weighted by Gasteiger charge is 2.24. The monoisotopic (exact) mass is 248 g/mol. The number of hydrogen-bond acceptors (Lipinski definition) is 3. The molecule has 2 rings (SSSR count). The van der Waals surface area contributed by atoms with Gasteiger partial charge in [-0.2, -0.15) is 5.26 Å². The maximum Gasteiger partial charge on any atom is 0.224 e. The standard InChI is InChI=1S/C13H16N2OS/c1-3-12(16)15-13-10(7-14)9-6-8(2)4-5-11(9)17-13/h8H,3-6H2,1-2H3,(H,15,16)/t8-/m1/s1. The first-order valence-electron chi connectivity index (χ1n) is 6.00. The van der Waals surface area contributed by atoms with Crippen LogP contribution in [0.5, 0.6) is 0 Å². The van der Waals surface area contributed by atoms with Crippen LogP contribution >= 0.6 is 11.3 Å². The fraction of sp³-hybridized carbons (Fsp3) is 0.538. The molecule has 0 unspecified atom stereocenters. The van der Waals surface area contributed by atoms with Crippen molar-refractivity contribution in [2.24, 2.45) is 5.92 Å². The Bertz CT molecular complexity index is 484. The molecule has 1 amide bonds. The molecule has 1 aliphatic rings. The zero-order valence-electron chi connectivity index (χ0n) is 10.2. The number of carbonyl (C=O) groups is 1. The molecular formula is C13H16N2OS. The van der Waals surface area contributed by atoms with E-state index in [1.54, 1.807) is 11.3 Å². The van der Waals surface area contributed by atoms with E-state index in [1.165, 1.54) is 16.9 Å². The first-order valence-corrected chi connectivity index (χ1v) is 6.81. The summed E-state index contributed by atoms with van der Waals surface area (Å²) >= 11 is 1.58. The van der Waals surface area contributed by atoms with Crippen LogP contribution in [0.15, 0.2) is 0 Å². The van der Waals surface area contributed by atoms with Crippen LogP contribution in [0.4, 0.5) is 5.00 Å². The first kappa shape index (κ1) is 12.1. The molecule has 1 N–H and O–H groups in total. The number of nitrogens with zero attached hydrogens (tertiary/aromatic N) is 1. The Morgan fingerprint density at radius 3 is 3.06 bits per heavy atom. The van der Waals surface area contributed by atoms with Crippen LogP contribution in [0.2, 0.25) is 0 Å². The van der Waals surface area contributed by atoms with Crippen molar-refractivity contribution >= 4 is 22.2 Å². The molecule has 0 saturated carbocycles. The summed E-state index contributed by atoms with van der Waals surface area (Å²) in [5, 5.41) is 12.8. The Kier molecular flexibility index (Phi) is 3.49. The minimum atomic E-state index is -0.0202. The van der Waals surface area contributed by atoms with Gasteiger partial charge < -0.3 is 5.32 Å². The second-order valence-electron chi connectivity index (χ2n) is 4.57. The summed E-state index contributed by atoms with van der Waals surface area (Å²) in [6.45, 7) is 4.03. The van der Waals surface area contributed by atoms with Crippen LogP contribution < -0.4 is 5.32 Å². The van der Waals surface area contributed by atoms with Crippen molar-refractivity contribution in [2.75, 3.05) is 5.32 Å². The van der Waals surface area contributed by atoms with E-state index in [2.05, 4.69) is 18.3 Å².